The van der Waals surface area contributed by atoms with E-state index in [2.05, 4.69) is 23.2 Å². The van der Waals surface area contributed by atoms with Gasteiger partial charge >= 0.3 is 6.18 Å². The van der Waals surface area contributed by atoms with Crippen LogP contribution in [0.15, 0.2) is 42.7 Å². The fraction of sp³-hybridized carbons (Fsp3) is 0.515. The lowest BCUT2D eigenvalue weighted by atomic mass is 9.57. The lowest BCUT2D eigenvalue weighted by Crippen LogP contribution is -2.58. The van der Waals surface area contributed by atoms with Crippen molar-refractivity contribution in [2.24, 2.45) is 24.3 Å². The second-order valence-electron chi connectivity index (χ2n) is 13.6. The Kier molecular flexibility index (Phi) is 6.48. The van der Waals surface area contributed by atoms with Gasteiger partial charge in [0.25, 0.3) is 5.91 Å². The zero-order valence-corrected chi connectivity index (χ0v) is 24.5. The number of anilines is 2. The Morgan fingerprint density at radius 3 is 2.44 bits per heavy atom. The first kappa shape index (κ1) is 28.1. The maximum absolute atomic E-state index is 14.4. The van der Waals surface area contributed by atoms with Crippen LogP contribution in [0.4, 0.5) is 24.5 Å². The number of hydrogen-bond acceptors (Lipinski definition) is 5. The number of halogens is 3. The van der Waals surface area contributed by atoms with Crippen LogP contribution in [-0.2, 0) is 36.4 Å². The number of aromatic nitrogens is 3. The van der Waals surface area contributed by atoms with E-state index in [1.807, 2.05) is 34.7 Å². The van der Waals surface area contributed by atoms with E-state index in [1.54, 1.807) is 12.4 Å². The minimum Gasteiger partial charge on any atom is -0.370 e. The molecule has 7 nitrogen and oxygen atoms in total. The fourth-order valence-electron chi connectivity index (χ4n) is 8.22. The monoisotopic (exact) mass is 591 g/mol. The van der Waals surface area contributed by atoms with E-state index in [-0.39, 0.29) is 34.4 Å². The summed E-state index contributed by atoms with van der Waals surface area (Å²) < 4.78 is 45.2. The van der Waals surface area contributed by atoms with Crippen LogP contribution in [0.3, 0.4) is 0 Å². The highest BCUT2D eigenvalue weighted by atomic mass is 19.4. The summed E-state index contributed by atoms with van der Waals surface area (Å²) in [7, 11) is 1.92. The summed E-state index contributed by atoms with van der Waals surface area (Å²) in [5.74, 6) is 1.12. The van der Waals surface area contributed by atoms with Crippen LogP contribution in [0.25, 0.3) is 0 Å². The molecule has 3 fully saturated rings. The van der Waals surface area contributed by atoms with Gasteiger partial charge in [-0.25, -0.2) is 0 Å². The van der Waals surface area contributed by atoms with Crippen LogP contribution in [-0.4, -0.2) is 40.0 Å². The van der Waals surface area contributed by atoms with Gasteiger partial charge in [0.2, 0.25) is 0 Å². The number of alkyl halides is 3. The van der Waals surface area contributed by atoms with Crippen molar-refractivity contribution in [3.63, 3.8) is 0 Å². The van der Waals surface area contributed by atoms with Gasteiger partial charge in [-0.2, -0.15) is 13.2 Å². The normalized spacial score (nSPS) is 25.0. The molecule has 1 saturated heterocycles. The highest BCUT2D eigenvalue weighted by molar-refractivity contribution is 6.11. The lowest BCUT2D eigenvalue weighted by Gasteiger charge is -2.54. The van der Waals surface area contributed by atoms with Gasteiger partial charge in [0.05, 0.1) is 12.1 Å². The quantitative estimate of drug-likeness (QED) is 0.324. The third kappa shape index (κ3) is 4.73. The van der Waals surface area contributed by atoms with Gasteiger partial charge in [-0.1, -0.05) is 19.1 Å². The third-order valence-corrected chi connectivity index (χ3v) is 10.6. The molecule has 43 heavy (non-hydrogen) atoms. The summed E-state index contributed by atoms with van der Waals surface area (Å²) in [6, 6.07) is 10.6. The van der Waals surface area contributed by atoms with Crippen molar-refractivity contribution in [1.29, 1.82) is 0 Å². The van der Waals surface area contributed by atoms with Crippen molar-refractivity contribution < 1.29 is 22.8 Å². The summed E-state index contributed by atoms with van der Waals surface area (Å²) in [6.07, 6.45) is 4.25. The zero-order valence-electron chi connectivity index (χ0n) is 24.5. The summed E-state index contributed by atoms with van der Waals surface area (Å²) in [6.45, 7) is 3.41. The third-order valence-electron chi connectivity index (χ3n) is 10.6. The molecule has 1 aromatic heterocycles. The number of aryl methyl sites for hydroxylation is 1. The Balaban J connectivity index is 1.17. The smallest absolute Gasteiger partial charge is 0.370 e. The van der Waals surface area contributed by atoms with Gasteiger partial charge in [0, 0.05) is 60.2 Å². The van der Waals surface area contributed by atoms with Crippen LogP contribution in [0.1, 0.15) is 78.3 Å². The van der Waals surface area contributed by atoms with Crippen molar-refractivity contribution >= 4 is 23.6 Å². The van der Waals surface area contributed by atoms with Gasteiger partial charge in [-0.15, -0.1) is 10.2 Å². The number of carbonyl (C=O) groups is 2. The van der Waals surface area contributed by atoms with Gasteiger partial charge in [-0.3, -0.25) is 4.79 Å². The van der Waals surface area contributed by atoms with Gasteiger partial charge in [0.15, 0.2) is 0 Å². The molecular formula is C33H36F3N5O2. The van der Waals surface area contributed by atoms with Gasteiger partial charge in [0.1, 0.15) is 18.4 Å². The Morgan fingerprint density at radius 2 is 1.81 bits per heavy atom. The van der Waals surface area contributed by atoms with E-state index in [0.29, 0.717) is 36.8 Å². The topological polar surface area (TPSA) is 71.3 Å². The summed E-state index contributed by atoms with van der Waals surface area (Å²) in [4.78, 5) is 28.4. The van der Waals surface area contributed by atoms with E-state index >= 15 is 0 Å². The van der Waals surface area contributed by atoms with Crippen molar-refractivity contribution in [3.8, 4) is 0 Å². The molecule has 10 heteroatoms. The van der Waals surface area contributed by atoms with Crippen LogP contribution < -0.4 is 9.80 Å². The Morgan fingerprint density at radius 1 is 1.07 bits per heavy atom. The number of nitrogens with zero attached hydrogens (tertiary/aromatic N) is 5. The largest absolute Gasteiger partial charge is 0.416 e. The SMILES string of the molecule is CC1CC(Cc2nncn2C)(c2cccc(N3Cc4c(cc(N5CC6(CCC(C=O)CC6)C5)cc4C(F)(F)F)C3=O)c2)C1. The van der Waals surface area contributed by atoms with Crippen molar-refractivity contribution in [1.82, 2.24) is 14.8 Å². The summed E-state index contributed by atoms with van der Waals surface area (Å²) >= 11 is 0. The number of carbonyl (C=O) groups excluding carboxylic acids is 2. The maximum Gasteiger partial charge on any atom is 0.416 e. The molecule has 0 unspecified atom stereocenters. The molecule has 1 amide bonds. The van der Waals surface area contributed by atoms with E-state index < -0.39 is 17.6 Å². The average molecular weight is 592 g/mol. The molecule has 2 aliphatic heterocycles. The molecule has 3 heterocycles. The fourth-order valence-corrected chi connectivity index (χ4v) is 8.22. The predicted molar refractivity (Wildman–Crippen MR) is 156 cm³/mol. The van der Waals surface area contributed by atoms with Crippen LogP contribution in [0.2, 0.25) is 0 Å². The first-order valence-corrected chi connectivity index (χ1v) is 15.2. The molecule has 2 aliphatic carbocycles. The van der Waals surface area contributed by atoms with Gasteiger partial charge in [-0.05, 0) is 79.8 Å². The number of hydrogen-bond donors (Lipinski definition) is 0. The minimum absolute atomic E-state index is 0.0412. The molecule has 0 radical (unpaired) electrons. The van der Waals surface area contributed by atoms with Crippen molar-refractivity contribution in [2.45, 2.75) is 70.0 Å². The molecule has 0 atom stereocenters. The van der Waals surface area contributed by atoms with E-state index in [9.17, 15) is 22.8 Å². The lowest BCUT2D eigenvalue weighted by molar-refractivity contribution is -0.138. The minimum atomic E-state index is -4.58. The molecule has 3 aromatic rings. The summed E-state index contributed by atoms with van der Waals surface area (Å²) in [5.41, 5.74) is 1.46. The van der Waals surface area contributed by atoms with Crippen molar-refractivity contribution in [2.75, 3.05) is 22.9 Å². The number of aldehydes is 1. The molecular weight excluding hydrogens is 555 g/mol. The maximum atomic E-state index is 14.4. The Hall–Kier alpha value is -3.69. The van der Waals surface area contributed by atoms with E-state index in [4.69, 9.17) is 0 Å². The molecule has 0 bridgehead atoms. The summed E-state index contributed by atoms with van der Waals surface area (Å²) in [5, 5.41) is 8.33. The number of rotatable bonds is 6. The Labute approximate surface area is 249 Å². The Bertz CT molecular complexity index is 1580. The number of amides is 1. The standard InChI is InChI=1S/C33H36F3N5O2/c1-21-13-32(14-21,15-29-38-37-20-39(29)2)23-4-3-5-24(10-23)41-16-27-26(30(41)43)11-25(12-28(27)33(34,35)36)40-18-31(19-40)8-6-22(17-42)7-9-31/h3-5,10-12,17,20-22H,6-9,13-16,18-19H2,1-2H3. The highest BCUT2D eigenvalue weighted by Gasteiger charge is 2.48. The molecule has 0 N–H and O–H groups in total. The molecule has 226 valence electrons. The first-order valence-electron chi connectivity index (χ1n) is 15.2. The second-order valence-corrected chi connectivity index (χ2v) is 13.6. The van der Waals surface area contributed by atoms with Crippen molar-refractivity contribution in [3.05, 3.63) is 70.8 Å². The molecule has 4 aliphatic rings. The number of benzene rings is 2. The zero-order chi connectivity index (χ0) is 30.1. The van der Waals surface area contributed by atoms with Gasteiger partial charge < -0.3 is 19.2 Å². The van der Waals surface area contributed by atoms with E-state index in [1.165, 1.54) is 11.0 Å². The highest BCUT2D eigenvalue weighted by Crippen LogP contribution is 2.51. The van der Waals surface area contributed by atoms with Crippen LogP contribution >= 0.6 is 0 Å². The van der Waals surface area contributed by atoms with Crippen LogP contribution in [0.5, 0.6) is 0 Å². The first-order chi connectivity index (χ1) is 20.5. The molecule has 2 saturated carbocycles. The molecule has 1 spiro atoms. The predicted octanol–water partition coefficient (Wildman–Crippen LogP) is 6.10. The average Bonchev–Trinajstić information content (AvgIpc) is 3.51. The second kappa shape index (κ2) is 9.92. The van der Waals surface area contributed by atoms with E-state index in [0.717, 1.165) is 56.2 Å². The molecule has 7 rings (SSSR count). The molecule has 2 aromatic carbocycles. The number of fused-ring (bicyclic) bond motifs is 1. The van der Waals surface area contributed by atoms with Crippen LogP contribution in [0, 0.1) is 17.3 Å².